The highest BCUT2D eigenvalue weighted by atomic mass is 19.3. The van der Waals surface area contributed by atoms with E-state index in [9.17, 15) is 27.2 Å². The quantitative estimate of drug-likeness (QED) is 0.702. The number of rotatable bonds is 5. The van der Waals surface area contributed by atoms with Gasteiger partial charge in [0.05, 0.1) is 11.0 Å². The van der Waals surface area contributed by atoms with Gasteiger partial charge in [-0.25, -0.2) is 22.4 Å². The molecule has 6 nitrogen and oxygen atoms in total. The Morgan fingerprint density at radius 2 is 1.62 bits per heavy atom. The Kier molecular flexibility index (Phi) is 6.33. The molecule has 0 atom stereocenters. The van der Waals surface area contributed by atoms with Crippen molar-refractivity contribution < 1.29 is 22.4 Å². The van der Waals surface area contributed by atoms with Gasteiger partial charge in [0.15, 0.2) is 11.6 Å². The first-order valence-corrected chi connectivity index (χ1v) is 11.2. The molecule has 0 unspecified atom stereocenters. The first-order valence-electron chi connectivity index (χ1n) is 11.2. The molecule has 0 radical (unpaired) electrons. The molecule has 1 aliphatic heterocycles. The van der Waals surface area contributed by atoms with E-state index in [1.54, 1.807) is 6.92 Å². The van der Waals surface area contributed by atoms with Crippen molar-refractivity contribution in [1.82, 2.24) is 19.4 Å². The monoisotopic (exact) mass is 456 g/mol. The lowest BCUT2D eigenvalue weighted by Gasteiger charge is -2.40. The van der Waals surface area contributed by atoms with Crippen LogP contribution >= 0.6 is 0 Å². The average Bonchev–Trinajstić information content (AvgIpc) is 2.99. The van der Waals surface area contributed by atoms with Crippen LogP contribution in [0.2, 0.25) is 0 Å². The predicted molar refractivity (Wildman–Crippen MR) is 112 cm³/mol. The molecule has 1 saturated heterocycles. The van der Waals surface area contributed by atoms with E-state index >= 15 is 0 Å². The molecule has 0 bridgehead atoms. The molecule has 1 aromatic heterocycles. The number of imidazole rings is 1. The maximum atomic E-state index is 14.0. The Morgan fingerprint density at radius 1 is 1.03 bits per heavy atom. The molecule has 4 rings (SSSR count). The van der Waals surface area contributed by atoms with Crippen LogP contribution < -0.4 is 11.0 Å². The Morgan fingerprint density at radius 3 is 2.22 bits per heavy atom. The lowest BCUT2D eigenvalue weighted by Crippen LogP contribution is -2.46. The van der Waals surface area contributed by atoms with Crippen molar-refractivity contribution in [2.24, 2.45) is 0 Å². The highest BCUT2D eigenvalue weighted by Crippen LogP contribution is 2.37. The van der Waals surface area contributed by atoms with Crippen molar-refractivity contribution in [2.75, 3.05) is 19.6 Å². The van der Waals surface area contributed by atoms with Gasteiger partial charge in [-0.1, -0.05) is 0 Å². The van der Waals surface area contributed by atoms with Crippen LogP contribution in [0.1, 0.15) is 51.5 Å². The molecule has 176 valence electrons. The molecule has 1 aliphatic carbocycles. The van der Waals surface area contributed by atoms with Crippen molar-refractivity contribution >= 4 is 16.9 Å². The summed E-state index contributed by atoms with van der Waals surface area (Å²) in [6.07, 6.45) is 1.88. The SMILES string of the molecule is CCNC(=O)Cn1c(=O)n(C2CCN(C3CCC(F)(F)CC3)CC2)c2cc(F)c(F)cc21. The van der Waals surface area contributed by atoms with Gasteiger partial charge in [-0.2, -0.15) is 0 Å². The van der Waals surface area contributed by atoms with Gasteiger partial charge in [-0.15, -0.1) is 0 Å². The summed E-state index contributed by atoms with van der Waals surface area (Å²) in [6.45, 7) is 3.14. The summed E-state index contributed by atoms with van der Waals surface area (Å²) >= 11 is 0. The number of likely N-dealkylation sites (tertiary alicyclic amines) is 1. The van der Waals surface area contributed by atoms with Crippen LogP contribution in [0.4, 0.5) is 17.6 Å². The summed E-state index contributed by atoms with van der Waals surface area (Å²) in [7, 11) is 0. The molecular weight excluding hydrogens is 428 g/mol. The van der Waals surface area contributed by atoms with Gasteiger partial charge in [-0.05, 0) is 32.6 Å². The van der Waals surface area contributed by atoms with E-state index in [2.05, 4.69) is 10.2 Å². The number of piperidine rings is 1. The number of carbonyl (C=O) groups is 1. The Hall–Kier alpha value is -2.36. The summed E-state index contributed by atoms with van der Waals surface area (Å²) in [5.41, 5.74) is -0.0435. The molecule has 1 amide bonds. The third-order valence-electron chi connectivity index (χ3n) is 6.75. The van der Waals surface area contributed by atoms with Gasteiger partial charge in [0, 0.05) is 56.7 Å². The number of nitrogens with zero attached hydrogens (tertiary/aromatic N) is 3. The highest BCUT2D eigenvalue weighted by molar-refractivity contribution is 5.81. The molecular formula is C22H28F4N4O2. The second-order valence-corrected chi connectivity index (χ2v) is 8.80. The van der Waals surface area contributed by atoms with E-state index in [1.807, 2.05) is 0 Å². The molecule has 2 fully saturated rings. The molecule has 1 N–H and O–H groups in total. The molecule has 2 aromatic rings. The van der Waals surface area contributed by atoms with Crippen LogP contribution in [0, 0.1) is 11.6 Å². The molecule has 1 aromatic carbocycles. The minimum absolute atomic E-state index is 0.102. The van der Waals surface area contributed by atoms with Gasteiger partial charge in [0.2, 0.25) is 11.8 Å². The standard InChI is InChI=1S/C22H28F4N4O2/c1-2-27-20(31)13-29-18-11-16(23)17(24)12-19(18)30(21(29)32)15-5-9-28(10-6-15)14-3-7-22(25,26)8-4-14/h11-12,14-15H,2-10,13H2,1H3,(H,27,31). The first kappa shape index (κ1) is 22.8. The smallest absolute Gasteiger partial charge is 0.329 e. The minimum Gasteiger partial charge on any atom is -0.355 e. The van der Waals surface area contributed by atoms with E-state index < -0.39 is 23.2 Å². The van der Waals surface area contributed by atoms with Crippen LogP contribution in [0.25, 0.3) is 11.0 Å². The molecule has 2 aliphatic rings. The van der Waals surface area contributed by atoms with Gasteiger partial charge in [0.1, 0.15) is 6.54 Å². The Bertz CT molecular complexity index is 1050. The number of hydrogen-bond acceptors (Lipinski definition) is 3. The van der Waals surface area contributed by atoms with Crippen LogP contribution in [0.3, 0.4) is 0 Å². The Labute approximate surface area is 183 Å². The number of benzene rings is 1. The van der Waals surface area contributed by atoms with Crippen molar-refractivity contribution in [3.63, 3.8) is 0 Å². The van der Waals surface area contributed by atoms with Crippen LogP contribution in [-0.2, 0) is 11.3 Å². The molecule has 0 spiro atoms. The summed E-state index contributed by atoms with van der Waals surface area (Å²) in [5, 5.41) is 2.61. The summed E-state index contributed by atoms with van der Waals surface area (Å²) in [5.74, 6) is -5.10. The lowest BCUT2D eigenvalue weighted by molar-refractivity contribution is -0.121. The number of alkyl halides is 2. The maximum absolute atomic E-state index is 14.0. The van der Waals surface area contributed by atoms with E-state index in [1.165, 1.54) is 9.13 Å². The first-order chi connectivity index (χ1) is 15.2. The second kappa shape index (κ2) is 8.88. The zero-order valence-electron chi connectivity index (χ0n) is 18.1. The fraction of sp³-hybridized carbons (Fsp3) is 0.636. The Balaban J connectivity index is 1.58. The lowest BCUT2D eigenvalue weighted by atomic mass is 9.89. The van der Waals surface area contributed by atoms with E-state index in [0.717, 1.165) is 12.1 Å². The zero-order chi connectivity index (χ0) is 23.0. The van der Waals surface area contributed by atoms with Gasteiger partial charge in [-0.3, -0.25) is 13.9 Å². The number of amides is 1. The fourth-order valence-corrected chi connectivity index (χ4v) is 5.07. The third-order valence-corrected chi connectivity index (χ3v) is 6.75. The normalized spacial score (nSPS) is 20.7. The molecule has 2 heterocycles. The van der Waals surface area contributed by atoms with Gasteiger partial charge in [0.25, 0.3) is 0 Å². The number of aromatic nitrogens is 2. The van der Waals surface area contributed by atoms with E-state index in [-0.39, 0.29) is 48.4 Å². The van der Waals surface area contributed by atoms with E-state index in [0.29, 0.717) is 45.3 Å². The number of halogens is 4. The van der Waals surface area contributed by atoms with E-state index in [4.69, 9.17) is 0 Å². The minimum atomic E-state index is -2.58. The summed E-state index contributed by atoms with van der Waals surface area (Å²) < 4.78 is 57.6. The van der Waals surface area contributed by atoms with Crippen molar-refractivity contribution in [3.05, 3.63) is 34.3 Å². The van der Waals surface area contributed by atoms with Crippen LogP contribution in [0.15, 0.2) is 16.9 Å². The van der Waals surface area contributed by atoms with Crippen LogP contribution in [0.5, 0.6) is 0 Å². The van der Waals surface area contributed by atoms with Crippen molar-refractivity contribution in [1.29, 1.82) is 0 Å². The largest absolute Gasteiger partial charge is 0.355 e. The van der Waals surface area contributed by atoms with Gasteiger partial charge >= 0.3 is 5.69 Å². The fourth-order valence-electron chi connectivity index (χ4n) is 5.07. The third kappa shape index (κ3) is 4.42. The number of hydrogen-bond donors (Lipinski definition) is 1. The topological polar surface area (TPSA) is 59.3 Å². The van der Waals surface area contributed by atoms with Gasteiger partial charge < -0.3 is 10.2 Å². The summed E-state index contributed by atoms with van der Waals surface area (Å²) in [4.78, 5) is 27.5. The highest BCUT2D eigenvalue weighted by Gasteiger charge is 2.38. The maximum Gasteiger partial charge on any atom is 0.329 e. The van der Waals surface area contributed by atoms with Crippen molar-refractivity contribution in [2.45, 2.75) is 70.0 Å². The number of carbonyl (C=O) groups excluding carboxylic acids is 1. The predicted octanol–water partition coefficient (Wildman–Crippen LogP) is 3.43. The van der Waals surface area contributed by atoms with Crippen LogP contribution in [-0.4, -0.2) is 51.5 Å². The molecule has 1 saturated carbocycles. The molecule has 32 heavy (non-hydrogen) atoms. The number of nitrogens with one attached hydrogen (secondary N) is 1. The number of likely N-dealkylation sites (N-methyl/N-ethyl adjacent to an activating group) is 1. The molecule has 10 heteroatoms. The average molecular weight is 456 g/mol. The second-order valence-electron chi connectivity index (χ2n) is 8.80. The number of fused-ring (bicyclic) bond motifs is 1. The van der Waals surface area contributed by atoms with Crippen molar-refractivity contribution in [3.8, 4) is 0 Å². The zero-order valence-corrected chi connectivity index (χ0v) is 18.1. The summed E-state index contributed by atoms with van der Waals surface area (Å²) in [6, 6.07) is 1.83.